The largest absolute Gasteiger partial charge is 0.368 e. The number of aryl methyl sites for hydroxylation is 1. The van der Waals surface area contributed by atoms with E-state index in [0.29, 0.717) is 10.8 Å². The summed E-state index contributed by atoms with van der Waals surface area (Å²) < 4.78 is 13.2. The highest BCUT2D eigenvalue weighted by atomic mass is 32.1. The van der Waals surface area contributed by atoms with E-state index in [-0.39, 0.29) is 12.1 Å². The van der Waals surface area contributed by atoms with Crippen molar-refractivity contribution in [3.05, 3.63) is 65.3 Å². The van der Waals surface area contributed by atoms with E-state index in [9.17, 15) is 14.0 Å². The number of benzene rings is 2. The summed E-state index contributed by atoms with van der Waals surface area (Å²) in [5.74, 6) is -1.49. The maximum absolute atomic E-state index is 13.2. The molecule has 4 rings (SSSR count). The molecule has 158 valence electrons. The molecule has 2 heterocycles. The molecule has 0 saturated heterocycles. The van der Waals surface area contributed by atoms with Crippen LogP contribution in [0, 0.1) is 5.82 Å². The van der Waals surface area contributed by atoms with Crippen LogP contribution in [-0.4, -0.2) is 28.6 Å². The number of thiazole rings is 1. The third-order valence-electron chi connectivity index (χ3n) is 4.97. The van der Waals surface area contributed by atoms with E-state index in [0.717, 1.165) is 17.7 Å². The average Bonchev–Trinajstić information content (AvgIpc) is 3.42. The summed E-state index contributed by atoms with van der Waals surface area (Å²) in [6.45, 7) is 2.09. The molecule has 2 aromatic carbocycles. The van der Waals surface area contributed by atoms with Crippen LogP contribution >= 0.6 is 11.3 Å². The molecule has 1 aromatic heterocycles. The predicted octanol–water partition coefficient (Wildman–Crippen LogP) is 3.57. The smallest absolute Gasteiger partial charge is 0.273 e. The van der Waals surface area contributed by atoms with Crippen LogP contribution in [0.4, 0.5) is 15.2 Å². The molecule has 31 heavy (non-hydrogen) atoms. The van der Waals surface area contributed by atoms with E-state index in [2.05, 4.69) is 22.3 Å². The van der Waals surface area contributed by atoms with Crippen LogP contribution in [0.15, 0.2) is 59.0 Å². The van der Waals surface area contributed by atoms with E-state index >= 15 is 0 Å². The lowest BCUT2D eigenvalue weighted by Crippen LogP contribution is -2.39. The lowest BCUT2D eigenvalue weighted by Gasteiger charge is -2.20. The number of carbonyl (C=O) groups excluding carboxylic acids is 2. The topological polar surface area (TPSA) is 101 Å². The second kappa shape index (κ2) is 8.65. The molecule has 0 aliphatic carbocycles. The van der Waals surface area contributed by atoms with Crippen LogP contribution < -0.4 is 16.1 Å². The summed E-state index contributed by atoms with van der Waals surface area (Å²) >= 11 is 1.30. The van der Waals surface area contributed by atoms with Crippen molar-refractivity contribution < 1.29 is 14.0 Å². The Morgan fingerprint density at radius 2 is 1.90 bits per heavy atom. The Kier molecular flexibility index (Phi) is 5.77. The Labute approximate surface area is 182 Å². The Morgan fingerprint density at radius 1 is 1.19 bits per heavy atom. The minimum Gasteiger partial charge on any atom is -0.368 e. The summed E-state index contributed by atoms with van der Waals surface area (Å²) in [4.78, 5) is 29.1. The van der Waals surface area contributed by atoms with Gasteiger partial charge in [-0.15, -0.1) is 11.3 Å². The molecule has 0 saturated carbocycles. The second-order valence-electron chi connectivity index (χ2n) is 7.03. The molecule has 0 spiro atoms. The number of hydrogen-bond donors (Lipinski definition) is 2. The van der Waals surface area contributed by atoms with E-state index in [1.807, 2.05) is 29.6 Å². The lowest BCUT2D eigenvalue weighted by atomic mass is 10.1. The summed E-state index contributed by atoms with van der Waals surface area (Å²) in [6, 6.07) is 12.7. The van der Waals surface area contributed by atoms with Crippen LogP contribution in [0.2, 0.25) is 0 Å². The van der Waals surface area contributed by atoms with Gasteiger partial charge in [0.15, 0.2) is 5.13 Å². The zero-order chi connectivity index (χ0) is 22.0. The van der Waals surface area contributed by atoms with Crippen LogP contribution in [0.5, 0.6) is 0 Å². The number of hydrazone groups is 1. The molecule has 2 amide bonds. The van der Waals surface area contributed by atoms with Crippen molar-refractivity contribution in [3.63, 3.8) is 0 Å². The maximum Gasteiger partial charge on any atom is 0.273 e. The van der Waals surface area contributed by atoms with Gasteiger partial charge in [0.2, 0.25) is 5.91 Å². The van der Waals surface area contributed by atoms with Crippen molar-refractivity contribution in [1.29, 1.82) is 0 Å². The Hall–Kier alpha value is -3.59. The number of nitrogens with two attached hydrogens (primary N) is 1. The fourth-order valence-electron chi connectivity index (χ4n) is 3.25. The van der Waals surface area contributed by atoms with Gasteiger partial charge in [0, 0.05) is 17.4 Å². The number of primary amides is 1. The molecule has 1 aliphatic rings. The van der Waals surface area contributed by atoms with Crippen LogP contribution in [-0.2, 0) is 16.0 Å². The molecular formula is C22H20FN5O2S. The SMILES string of the molecule is CCc1ccc(-c2csc(NC(=O)C3=NN(c4ccc(F)cc4)C(C(N)=O)C3)n2)cc1. The monoisotopic (exact) mass is 437 g/mol. The summed E-state index contributed by atoms with van der Waals surface area (Å²) in [7, 11) is 0. The standard InChI is InChI=1S/C22H20FN5O2S/c1-2-13-3-5-14(6-4-13)18-12-31-22(25-18)26-21(30)17-11-19(20(24)29)28(27-17)16-9-7-15(23)8-10-16/h3-10,12,19H,2,11H2,1H3,(H2,24,29)(H,25,26,30). The molecule has 1 unspecified atom stereocenters. The van der Waals surface area contributed by atoms with Crippen LogP contribution in [0.25, 0.3) is 11.3 Å². The van der Waals surface area contributed by atoms with Crippen molar-refractivity contribution in [2.45, 2.75) is 25.8 Å². The van der Waals surface area contributed by atoms with Gasteiger partial charge in [-0.1, -0.05) is 31.2 Å². The summed E-state index contributed by atoms with van der Waals surface area (Å²) in [5, 5.41) is 10.6. The zero-order valence-electron chi connectivity index (χ0n) is 16.7. The first-order valence-electron chi connectivity index (χ1n) is 9.72. The van der Waals surface area contributed by atoms with Crippen LogP contribution in [0.1, 0.15) is 18.9 Å². The Bertz CT molecular complexity index is 1140. The minimum atomic E-state index is -0.824. The van der Waals surface area contributed by atoms with Gasteiger partial charge in [0.1, 0.15) is 17.6 Å². The summed E-state index contributed by atoms with van der Waals surface area (Å²) in [5.41, 5.74) is 9.07. The molecule has 1 atom stereocenters. The van der Waals surface area contributed by atoms with Gasteiger partial charge in [-0.3, -0.25) is 19.9 Å². The van der Waals surface area contributed by atoms with Gasteiger partial charge >= 0.3 is 0 Å². The Morgan fingerprint density at radius 3 is 2.55 bits per heavy atom. The van der Waals surface area contributed by atoms with Gasteiger partial charge in [-0.25, -0.2) is 9.37 Å². The van der Waals surface area contributed by atoms with E-state index in [1.165, 1.54) is 46.2 Å². The first-order valence-corrected chi connectivity index (χ1v) is 10.6. The normalized spacial score (nSPS) is 15.6. The molecule has 1 aliphatic heterocycles. The van der Waals surface area contributed by atoms with Crippen molar-refractivity contribution >= 4 is 39.7 Å². The zero-order valence-corrected chi connectivity index (χ0v) is 17.5. The molecule has 3 aromatic rings. The number of nitrogens with one attached hydrogen (secondary N) is 1. The molecule has 0 fully saturated rings. The average molecular weight is 438 g/mol. The fraction of sp³-hybridized carbons (Fsp3) is 0.182. The van der Waals surface area contributed by atoms with Crippen LogP contribution in [0.3, 0.4) is 0 Å². The molecule has 9 heteroatoms. The number of rotatable bonds is 6. The highest BCUT2D eigenvalue weighted by Gasteiger charge is 2.35. The van der Waals surface area contributed by atoms with E-state index in [1.54, 1.807) is 0 Å². The first kappa shape index (κ1) is 20.7. The third kappa shape index (κ3) is 4.46. The van der Waals surface area contributed by atoms with Crippen molar-refractivity contribution in [2.75, 3.05) is 10.3 Å². The first-order chi connectivity index (χ1) is 14.9. The molecule has 0 bridgehead atoms. The van der Waals surface area contributed by atoms with Gasteiger partial charge < -0.3 is 5.73 Å². The molecule has 0 radical (unpaired) electrons. The number of anilines is 2. The number of nitrogens with zero attached hydrogens (tertiary/aromatic N) is 3. The van der Waals surface area contributed by atoms with E-state index in [4.69, 9.17) is 5.73 Å². The Balaban J connectivity index is 1.50. The van der Waals surface area contributed by atoms with Crippen molar-refractivity contribution in [2.24, 2.45) is 10.8 Å². The van der Waals surface area contributed by atoms with Gasteiger partial charge in [0.05, 0.1) is 11.4 Å². The number of halogens is 1. The van der Waals surface area contributed by atoms with E-state index < -0.39 is 23.7 Å². The van der Waals surface area contributed by atoms with Crippen molar-refractivity contribution in [3.8, 4) is 11.3 Å². The quantitative estimate of drug-likeness (QED) is 0.616. The highest BCUT2D eigenvalue weighted by molar-refractivity contribution is 7.14. The predicted molar refractivity (Wildman–Crippen MR) is 119 cm³/mol. The van der Waals surface area contributed by atoms with Gasteiger partial charge in [-0.2, -0.15) is 5.10 Å². The number of amides is 2. The fourth-order valence-corrected chi connectivity index (χ4v) is 3.96. The van der Waals surface area contributed by atoms with Crippen molar-refractivity contribution in [1.82, 2.24) is 4.98 Å². The second-order valence-corrected chi connectivity index (χ2v) is 7.89. The number of hydrogen-bond acceptors (Lipinski definition) is 6. The minimum absolute atomic E-state index is 0.0508. The number of carbonyl (C=O) groups is 2. The molecule has 7 nitrogen and oxygen atoms in total. The molecular weight excluding hydrogens is 417 g/mol. The highest BCUT2D eigenvalue weighted by Crippen LogP contribution is 2.27. The number of aromatic nitrogens is 1. The van der Waals surface area contributed by atoms with Gasteiger partial charge in [-0.05, 0) is 36.2 Å². The van der Waals surface area contributed by atoms with Gasteiger partial charge in [0.25, 0.3) is 5.91 Å². The third-order valence-corrected chi connectivity index (χ3v) is 5.73. The summed E-state index contributed by atoms with van der Waals surface area (Å²) in [6.07, 6.45) is 1.01. The maximum atomic E-state index is 13.2. The lowest BCUT2D eigenvalue weighted by molar-refractivity contribution is -0.119. The molecule has 3 N–H and O–H groups in total.